The van der Waals surface area contributed by atoms with Gasteiger partial charge in [-0.25, -0.2) is 4.79 Å². The van der Waals surface area contributed by atoms with Crippen molar-refractivity contribution in [2.75, 3.05) is 13.2 Å². The number of aliphatic hydroxyl groups is 1. The van der Waals surface area contributed by atoms with Crippen molar-refractivity contribution in [2.45, 2.75) is 6.42 Å². The molecule has 4 rings (SSSR count). The number of halogens is 1. The molecule has 8 heteroatoms. The smallest absolute Gasteiger partial charge is 0.341 e. The molecule has 0 fully saturated rings. The van der Waals surface area contributed by atoms with Crippen LogP contribution in [0.25, 0.3) is 5.52 Å². The number of fused-ring (bicyclic) bond motifs is 4. The zero-order valence-electron chi connectivity index (χ0n) is 13.9. The van der Waals surface area contributed by atoms with E-state index in [0.717, 1.165) is 0 Å². The van der Waals surface area contributed by atoms with Crippen molar-refractivity contribution >= 4 is 39.0 Å². The van der Waals surface area contributed by atoms with E-state index in [1.807, 2.05) is 0 Å². The molecule has 0 atom stereocenters. The quantitative estimate of drug-likeness (QED) is 0.395. The van der Waals surface area contributed by atoms with Crippen molar-refractivity contribution in [2.24, 2.45) is 0 Å². The molecule has 0 saturated carbocycles. The van der Waals surface area contributed by atoms with Gasteiger partial charge >= 0.3 is 5.97 Å². The highest BCUT2D eigenvalue weighted by atomic mass is 79.9. The maximum atomic E-state index is 13.1. The van der Waals surface area contributed by atoms with Crippen LogP contribution in [0.1, 0.15) is 48.9 Å². The molecule has 27 heavy (non-hydrogen) atoms. The number of carbonyl (C=O) groups is 3. The lowest BCUT2D eigenvalue weighted by Gasteiger charge is -2.14. The summed E-state index contributed by atoms with van der Waals surface area (Å²) in [7, 11) is 0. The highest BCUT2D eigenvalue weighted by Gasteiger charge is 2.39. The number of hydrogen-bond donors (Lipinski definition) is 1. The monoisotopic (exact) mass is 428 g/mol. The molecule has 3 aromatic heterocycles. The number of rotatable bonds is 4. The van der Waals surface area contributed by atoms with E-state index in [1.165, 1.54) is 16.7 Å². The van der Waals surface area contributed by atoms with Crippen LogP contribution in [-0.2, 0) is 4.74 Å². The molecule has 1 aliphatic carbocycles. The van der Waals surface area contributed by atoms with Gasteiger partial charge in [0.05, 0.1) is 28.8 Å². The molecule has 1 N–H and O–H groups in total. The molecule has 0 aliphatic heterocycles. The lowest BCUT2D eigenvalue weighted by molar-refractivity contribution is 0.0482. The third-order valence-corrected chi connectivity index (χ3v) is 4.81. The number of aromatic nitrogens is 2. The van der Waals surface area contributed by atoms with Gasteiger partial charge < -0.3 is 14.2 Å². The fourth-order valence-electron chi connectivity index (χ4n) is 3.20. The third kappa shape index (κ3) is 2.68. The van der Waals surface area contributed by atoms with E-state index < -0.39 is 17.5 Å². The van der Waals surface area contributed by atoms with Gasteiger partial charge in [0.1, 0.15) is 11.4 Å². The summed E-state index contributed by atoms with van der Waals surface area (Å²) in [6.45, 7) is -0.108. The molecule has 0 amide bonds. The van der Waals surface area contributed by atoms with Crippen LogP contribution in [0, 0.1) is 0 Å². The summed E-state index contributed by atoms with van der Waals surface area (Å²) in [5, 5.41) is 8.88. The van der Waals surface area contributed by atoms with Crippen molar-refractivity contribution in [1.29, 1.82) is 0 Å². The Hall–Kier alpha value is -2.84. The summed E-state index contributed by atoms with van der Waals surface area (Å²) in [5.41, 5.74) is 0.781. The van der Waals surface area contributed by atoms with Gasteiger partial charge in [-0.05, 0) is 40.2 Å². The molecule has 0 unspecified atom stereocenters. The molecule has 3 aromatic rings. The minimum absolute atomic E-state index is 0.0122. The van der Waals surface area contributed by atoms with Gasteiger partial charge in [0.25, 0.3) is 0 Å². The first-order chi connectivity index (χ1) is 13.0. The third-order valence-electron chi connectivity index (χ3n) is 4.35. The van der Waals surface area contributed by atoms with Gasteiger partial charge in [0.2, 0.25) is 5.78 Å². The number of esters is 1. The van der Waals surface area contributed by atoms with E-state index in [-0.39, 0.29) is 47.7 Å². The standard InChI is InChI=1S/C19H13BrN2O5/c20-10-4-5-12-13(19(26)27-8-2-7-23)14-16(22(12)9-10)18(25)15-11(17(14)24)3-1-6-21-15/h1,3-6,9,23H,2,7-8H2. The highest BCUT2D eigenvalue weighted by molar-refractivity contribution is 9.10. The van der Waals surface area contributed by atoms with Crippen LogP contribution in [0.2, 0.25) is 0 Å². The number of ether oxygens (including phenoxy) is 1. The van der Waals surface area contributed by atoms with Crippen molar-refractivity contribution in [1.82, 2.24) is 9.38 Å². The summed E-state index contributed by atoms with van der Waals surface area (Å²) in [4.78, 5) is 42.9. The van der Waals surface area contributed by atoms with Gasteiger partial charge in [0, 0.05) is 29.9 Å². The van der Waals surface area contributed by atoms with Crippen molar-refractivity contribution < 1.29 is 24.2 Å². The van der Waals surface area contributed by atoms with E-state index in [2.05, 4.69) is 20.9 Å². The molecular weight excluding hydrogens is 416 g/mol. The zero-order valence-corrected chi connectivity index (χ0v) is 15.5. The highest BCUT2D eigenvalue weighted by Crippen LogP contribution is 2.34. The van der Waals surface area contributed by atoms with E-state index >= 15 is 0 Å². The molecule has 0 radical (unpaired) electrons. The minimum Gasteiger partial charge on any atom is -0.462 e. The minimum atomic E-state index is -0.710. The Bertz CT molecular complexity index is 1120. The number of pyridine rings is 2. The predicted octanol–water partition coefficient (Wildman–Crippen LogP) is 2.41. The maximum absolute atomic E-state index is 13.1. The van der Waals surface area contributed by atoms with Crippen molar-refractivity contribution in [3.8, 4) is 0 Å². The fourth-order valence-corrected chi connectivity index (χ4v) is 3.54. The summed E-state index contributed by atoms with van der Waals surface area (Å²) in [6.07, 6.45) is 3.35. The average Bonchev–Trinajstić information content (AvgIpc) is 3.01. The van der Waals surface area contributed by atoms with E-state index in [1.54, 1.807) is 24.4 Å². The second-order valence-corrected chi connectivity index (χ2v) is 6.89. The largest absolute Gasteiger partial charge is 0.462 e. The first kappa shape index (κ1) is 17.6. The van der Waals surface area contributed by atoms with Crippen LogP contribution in [0.4, 0.5) is 0 Å². The Kier molecular flexibility index (Phi) is 4.37. The topological polar surface area (TPSA) is 98.0 Å². The molecule has 0 saturated heterocycles. The van der Waals surface area contributed by atoms with E-state index in [9.17, 15) is 14.4 Å². The Morgan fingerprint density at radius 3 is 2.81 bits per heavy atom. The van der Waals surface area contributed by atoms with E-state index in [0.29, 0.717) is 9.99 Å². The molecule has 0 spiro atoms. The number of hydrogen-bond acceptors (Lipinski definition) is 6. The van der Waals surface area contributed by atoms with Crippen LogP contribution < -0.4 is 0 Å². The Morgan fingerprint density at radius 2 is 2.04 bits per heavy atom. The lowest BCUT2D eigenvalue weighted by atomic mass is 9.89. The van der Waals surface area contributed by atoms with Gasteiger partial charge in [-0.3, -0.25) is 14.6 Å². The molecule has 3 heterocycles. The van der Waals surface area contributed by atoms with Gasteiger partial charge in [-0.2, -0.15) is 0 Å². The first-order valence-corrected chi connectivity index (χ1v) is 9.00. The molecular formula is C19H13BrN2O5. The molecule has 7 nitrogen and oxygen atoms in total. The van der Waals surface area contributed by atoms with Crippen LogP contribution in [0.5, 0.6) is 0 Å². The lowest BCUT2D eigenvalue weighted by Crippen LogP contribution is -2.24. The molecule has 0 aromatic carbocycles. The van der Waals surface area contributed by atoms with Crippen LogP contribution in [0.15, 0.2) is 41.1 Å². The summed E-state index contributed by atoms with van der Waals surface area (Å²) >= 11 is 3.35. The Morgan fingerprint density at radius 1 is 1.22 bits per heavy atom. The average molecular weight is 429 g/mol. The second kappa shape index (κ2) is 6.71. The van der Waals surface area contributed by atoms with Crippen LogP contribution >= 0.6 is 15.9 Å². The Labute approximate surface area is 161 Å². The van der Waals surface area contributed by atoms with Gasteiger partial charge in [0.15, 0.2) is 5.78 Å². The normalized spacial score (nSPS) is 12.8. The predicted molar refractivity (Wildman–Crippen MR) is 98.2 cm³/mol. The number of carbonyl (C=O) groups excluding carboxylic acids is 3. The summed E-state index contributed by atoms with van der Waals surface area (Å²) in [5.74, 6) is -1.58. The fraction of sp³-hybridized carbons (Fsp3) is 0.158. The summed E-state index contributed by atoms with van der Waals surface area (Å²) < 4.78 is 7.39. The van der Waals surface area contributed by atoms with Gasteiger partial charge in [-0.1, -0.05) is 0 Å². The van der Waals surface area contributed by atoms with Crippen molar-refractivity contribution in [3.05, 3.63) is 69.2 Å². The first-order valence-electron chi connectivity index (χ1n) is 8.20. The molecule has 136 valence electrons. The van der Waals surface area contributed by atoms with Gasteiger partial charge in [-0.15, -0.1) is 0 Å². The molecule has 1 aliphatic rings. The summed E-state index contributed by atoms with van der Waals surface area (Å²) in [6, 6.07) is 6.45. The number of aliphatic hydroxyl groups excluding tert-OH is 1. The molecule has 0 bridgehead atoms. The van der Waals surface area contributed by atoms with Crippen LogP contribution in [0.3, 0.4) is 0 Å². The zero-order chi connectivity index (χ0) is 19.1. The number of ketones is 2. The number of nitrogens with zero attached hydrogens (tertiary/aromatic N) is 2. The SMILES string of the molecule is O=C1c2cccnc2C(=O)c2c1c(C(=O)OCCCO)c1ccc(Br)cn21. The maximum Gasteiger partial charge on any atom is 0.341 e. The Balaban J connectivity index is 1.98. The second-order valence-electron chi connectivity index (χ2n) is 5.97. The van der Waals surface area contributed by atoms with Crippen molar-refractivity contribution in [3.63, 3.8) is 0 Å². The van der Waals surface area contributed by atoms with Crippen LogP contribution in [-0.4, -0.2) is 45.2 Å². The van der Waals surface area contributed by atoms with E-state index in [4.69, 9.17) is 9.84 Å².